The molecule has 1 aliphatic rings. The highest BCUT2D eigenvalue weighted by Crippen LogP contribution is 2.28. The number of hydrogen-bond donors (Lipinski definition) is 1. The minimum atomic E-state index is -1.02. The summed E-state index contributed by atoms with van der Waals surface area (Å²) >= 11 is 5.58. The Hall–Kier alpha value is -4.39. The number of aliphatic imine (C=N–C) groups is 1. The zero-order valence-corrected chi connectivity index (χ0v) is 19.5. The number of anilines is 1. The predicted molar refractivity (Wildman–Crippen MR) is 126 cm³/mol. The molecule has 1 aliphatic heterocycles. The average Bonchev–Trinajstić information content (AvgIpc) is 3.25. The molecule has 1 unspecified atom stereocenters. The minimum Gasteiger partial charge on any atom is -0.862 e. The van der Waals surface area contributed by atoms with Crippen molar-refractivity contribution < 1.29 is 24.0 Å². The van der Waals surface area contributed by atoms with Gasteiger partial charge in [-0.05, 0) is 54.6 Å². The number of aromatic amines is 1. The maximum absolute atomic E-state index is 13.4. The van der Waals surface area contributed by atoms with Crippen molar-refractivity contribution in [3.8, 4) is 0 Å². The van der Waals surface area contributed by atoms with Gasteiger partial charge in [0, 0.05) is 18.6 Å². The SMILES string of the molecule is Cc1ccc(N2C(=O)C(CC([O-])=Nc3ccc([N+](=O)[O-])cc3)N(Cc3c(=O)o[nH][n+]3C)C2=S)cc1. The summed E-state index contributed by atoms with van der Waals surface area (Å²) in [5, 5.41) is 26.1. The summed E-state index contributed by atoms with van der Waals surface area (Å²) < 4.78 is 6.16. The van der Waals surface area contributed by atoms with Gasteiger partial charge < -0.3 is 10.0 Å². The molecule has 1 saturated heterocycles. The molecule has 2 heterocycles. The van der Waals surface area contributed by atoms with E-state index in [1.54, 1.807) is 19.2 Å². The van der Waals surface area contributed by atoms with Gasteiger partial charge in [-0.1, -0.05) is 22.4 Å². The van der Waals surface area contributed by atoms with Crippen molar-refractivity contribution in [2.75, 3.05) is 4.90 Å². The van der Waals surface area contributed by atoms with Gasteiger partial charge >= 0.3 is 11.3 Å². The van der Waals surface area contributed by atoms with Crippen molar-refractivity contribution in [1.29, 1.82) is 0 Å². The van der Waals surface area contributed by atoms with Crippen molar-refractivity contribution in [3.63, 3.8) is 0 Å². The Morgan fingerprint density at radius 1 is 1.20 bits per heavy atom. The molecular weight excluding hydrogens is 476 g/mol. The van der Waals surface area contributed by atoms with E-state index in [1.165, 1.54) is 38.7 Å². The normalized spacial score (nSPS) is 16.3. The lowest BCUT2D eigenvalue weighted by Gasteiger charge is -2.23. The molecule has 1 fully saturated rings. The number of aryl methyl sites for hydroxylation is 2. The van der Waals surface area contributed by atoms with E-state index in [4.69, 9.17) is 16.7 Å². The van der Waals surface area contributed by atoms with Crippen molar-refractivity contribution >= 4 is 46.2 Å². The number of nitrogens with one attached hydrogen (secondary N) is 1. The largest absolute Gasteiger partial charge is 0.862 e. The van der Waals surface area contributed by atoms with Crippen LogP contribution in [0, 0.1) is 17.0 Å². The fourth-order valence-electron chi connectivity index (χ4n) is 3.64. The number of thiocarbonyl (C=S) groups is 1. The van der Waals surface area contributed by atoms with Gasteiger partial charge in [-0.3, -0.25) is 29.3 Å². The molecule has 0 spiro atoms. The highest BCUT2D eigenvalue weighted by atomic mass is 32.1. The summed E-state index contributed by atoms with van der Waals surface area (Å²) in [7, 11) is 1.57. The lowest BCUT2D eigenvalue weighted by molar-refractivity contribution is -0.746. The molecular formula is C22H20N6O6S. The smallest absolute Gasteiger partial charge is 0.431 e. The first kappa shape index (κ1) is 23.8. The van der Waals surface area contributed by atoms with Crippen LogP contribution in [0.1, 0.15) is 17.7 Å². The maximum atomic E-state index is 13.4. The number of hydrogen-bond acceptors (Lipinski definition) is 8. The zero-order valence-electron chi connectivity index (χ0n) is 18.7. The van der Waals surface area contributed by atoms with Gasteiger partial charge in [-0.2, -0.15) is 0 Å². The number of H-pyrrole nitrogens is 1. The van der Waals surface area contributed by atoms with Crippen LogP contribution < -0.4 is 20.3 Å². The van der Waals surface area contributed by atoms with Crippen LogP contribution in [-0.2, 0) is 18.4 Å². The maximum Gasteiger partial charge on any atom is 0.431 e. The Morgan fingerprint density at radius 2 is 1.86 bits per heavy atom. The van der Waals surface area contributed by atoms with E-state index in [0.717, 1.165) is 5.56 Å². The predicted octanol–water partition coefficient (Wildman–Crippen LogP) is 0.992. The second-order valence-corrected chi connectivity index (χ2v) is 8.27. The van der Waals surface area contributed by atoms with Crippen LogP contribution in [0.4, 0.5) is 17.1 Å². The third kappa shape index (κ3) is 4.80. The highest BCUT2D eigenvalue weighted by Gasteiger charge is 2.44. The Balaban J connectivity index is 1.66. The molecule has 0 radical (unpaired) electrons. The minimum absolute atomic E-state index is 0.0786. The van der Waals surface area contributed by atoms with Gasteiger partial charge in [-0.15, -0.1) is 0 Å². The number of amides is 1. The molecule has 1 aromatic heterocycles. The molecule has 180 valence electrons. The monoisotopic (exact) mass is 496 g/mol. The van der Waals surface area contributed by atoms with Gasteiger partial charge in [0.15, 0.2) is 12.2 Å². The van der Waals surface area contributed by atoms with Crippen molar-refractivity contribution in [2.45, 2.75) is 25.9 Å². The number of rotatable bonds is 7. The van der Waals surface area contributed by atoms with Crippen molar-refractivity contribution in [1.82, 2.24) is 10.2 Å². The van der Waals surface area contributed by atoms with E-state index >= 15 is 0 Å². The van der Waals surface area contributed by atoms with E-state index in [2.05, 4.69) is 10.3 Å². The second kappa shape index (κ2) is 9.46. The number of carbonyl (C=O) groups excluding carboxylic acids is 1. The van der Waals surface area contributed by atoms with Crippen LogP contribution in [0.3, 0.4) is 0 Å². The molecule has 3 aromatic rings. The van der Waals surface area contributed by atoms with Crippen LogP contribution in [-0.4, -0.2) is 38.1 Å². The van der Waals surface area contributed by atoms with Crippen LogP contribution in [0.15, 0.2) is 62.8 Å². The molecule has 1 atom stereocenters. The number of aromatic nitrogens is 2. The van der Waals surface area contributed by atoms with E-state index in [0.29, 0.717) is 5.69 Å². The fourth-order valence-corrected chi connectivity index (χ4v) is 4.03. The fraction of sp³-hybridized carbons (Fsp3) is 0.227. The van der Waals surface area contributed by atoms with Gasteiger partial charge in [0.05, 0.1) is 16.3 Å². The lowest BCUT2D eigenvalue weighted by atomic mass is 10.1. The second-order valence-electron chi connectivity index (χ2n) is 7.91. The first-order chi connectivity index (χ1) is 16.7. The summed E-state index contributed by atoms with van der Waals surface area (Å²) in [5.41, 5.74) is 1.18. The Labute approximate surface area is 203 Å². The van der Waals surface area contributed by atoms with Gasteiger partial charge in [0.2, 0.25) is 0 Å². The number of nitrogens with zero attached hydrogens (tertiary/aromatic N) is 5. The molecule has 1 amide bonds. The number of nitro benzene ring substituents is 1. The molecule has 13 heteroatoms. The number of nitro groups is 1. The number of non-ortho nitro benzene ring substituents is 1. The number of benzene rings is 2. The summed E-state index contributed by atoms with van der Waals surface area (Å²) in [5.74, 6) is -1.06. The van der Waals surface area contributed by atoms with E-state index in [-0.39, 0.29) is 35.1 Å². The lowest BCUT2D eigenvalue weighted by Crippen LogP contribution is -2.44. The quantitative estimate of drug-likeness (QED) is 0.127. The Morgan fingerprint density at radius 3 is 2.43 bits per heavy atom. The van der Waals surface area contributed by atoms with E-state index in [9.17, 15) is 24.8 Å². The first-order valence-corrected chi connectivity index (χ1v) is 10.8. The molecule has 0 bridgehead atoms. The molecule has 4 rings (SSSR count). The first-order valence-electron chi connectivity index (χ1n) is 10.4. The standard InChI is InChI=1S/C22H20N6O6S/c1-13-3-7-15(8-4-13)27-20(30)17(26(22(27)35)12-18-21(31)34-24-25(18)2)11-19(29)23-14-5-9-16(10-6-14)28(32)33/h3-10,17H,11-12H2,1-2H3,(H-,23,24,29,31). The molecule has 2 aromatic carbocycles. The molecule has 1 N–H and O–H groups in total. The van der Waals surface area contributed by atoms with E-state index in [1.807, 2.05) is 19.1 Å². The Kier molecular flexibility index (Phi) is 6.42. The summed E-state index contributed by atoms with van der Waals surface area (Å²) in [6.07, 6.45) is -0.322. The highest BCUT2D eigenvalue weighted by molar-refractivity contribution is 7.80. The van der Waals surface area contributed by atoms with Gasteiger partial charge in [-0.25, -0.2) is 4.79 Å². The van der Waals surface area contributed by atoms with Crippen LogP contribution >= 0.6 is 12.2 Å². The average molecular weight is 497 g/mol. The van der Waals surface area contributed by atoms with Crippen molar-refractivity contribution in [3.05, 3.63) is 80.3 Å². The van der Waals surface area contributed by atoms with Gasteiger partial charge in [0.1, 0.15) is 12.6 Å². The van der Waals surface area contributed by atoms with E-state index < -0.39 is 28.4 Å². The van der Waals surface area contributed by atoms with Crippen LogP contribution in [0.25, 0.3) is 0 Å². The van der Waals surface area contributed by atoms with Crippen LogP contribution in [0.2, 0.25) is 0 Å². The molecule has 0 saturated carbocycles. The number of carbonyl (C=O) groups is 1. The molecule has 12 nitrogen and oxygen atoms in total. The van der Waals surface area contributed by atoms with Crippen molar-refractivity contribution in [2.24, 2.45) is 12.0 Å². The third-order valence-corrected chi connectivity index (χ3v) is 5.95. The van der Waals surface area contributed by atoms with Crippen LogP contribution in [0.5, 0.6) is 0 Å². The third-order valence-electron chi connectivity index (χ3n) is 5.53. The summed E-state index contributed by atoms with van der Waals surface area (Å²) in [6, 6.07) is 11.3. The topological polar surface area (TPSA) is 152 Å². The molecule has 0 aliphatic carbocycles. The summed E-state index contributed by atoms with van der Waals surface area (Å²) in [4.78, 5) is 42.6. The zero-order chi connectivity index (χ0) is 25.3. The van der Waals surface area contributed by atoms with Gasteiger partial charge in [0.25, 0.3) is 11.6 Å². The Bertz CT molecular complexity index is 1380. The summed E-state index contributed by atoms with van der Waals surface area (Å²) in [6.45, 7) is 1.83. The molecule has 35 heavy (non-hydrogen) atoms.